The van der Waals surface area contributed by atoms with Crippen LogP contribution < -0.4 is 5.32 Å². The summed E-state index contributed by atoms with van der Waals surface area (Å²) in [5, 5.41) is 14.2. The van der Waals surface area contributed by atoms with Crippen LogP contribution in [-0.2, 0) is 11.5 Å². The first-order valence-electron chi connectivity index (χ1n) is 9.83. The van der Waals surface area contributed by atoms with Gasteiger partial charge >= 0.3 is 0 Å². The molecule has 0 spiro atoms. The Kier molecular flexibility index (Phi) is 6.34. The number of aldehydes is 1. The third-order valence-corrected chi connectivity index (χ3v) is 6.92. The van der Waals surface area contributed by atoms with Gasteiger partial charge in [0.25, 0.3) is 0 Å². The largest absolute Gasteiger partial charge is 0.393 e. The van der Waals surface area contributed by atoms with Crippen molar-refractivity contribution in [3.8, 4) is 0 Å². The van der Waals surface area contributed by atoms with Gasteiger partial charge in [-0.25, -0.2) is 4.98 Å². The molecule has 0 saturated heterocycles. The summed E-state index contributed by atoms with van der Waals surface area (Å²) in [6.07, 6.45) is 7.68. The second-order valence-electron chi connectivity index (χ2n) is 8.73. The molecule has 2 N–H and O–H groups in total. The SMILES string of the molecule is C[Si-](C)(C)CCOCn1ccc2c(NC3CCC(O)CC3)c(C=O)cnc21. The molecule has 6 nitrogen and oxygen atoms in total. The standard InChI is InChI=1S/C20H31N3O3Si/c1-27(2,3)11-10-26-14-23-9-8-18-19(15(13-24)12-21-20(18)23)22-16-4-6-17(25)7-5-16/h8-9,12-13,16-17,25H,4-7,10-11,14H2,1-3H3,(H,21,22)/q-1. The van der Waals surface area contributed by atoms with Crippen molar-refractivity contribution in [2.24, 2.45) is 0 Å². The molecule has 0 aromatic carbocycles. The highest BCUT2D eigenvalue weighted by atomic mass is 28.3. The van der Waals surface area contributed by atoms with Crippen LogP contribution >= 0.6 is 0 Å². The molecule has 27 heavy (non-hydrogen) atoms. The second kappa shape index (κ2) is 8.54. The number of hydrogen-bond acceptors (Lipinski definition) is 5. The summed E-state index contributed by atoms with van der Waals surface area (Å²) < 4.78 is 7.85. The highest BCUT2D eigenvalue weighted by molar-refractivity contribution is 6.76. The molecule has 2 aromatic rings. The molecule has 0 unspecified atom stereocenters. The van der Waals surface area contributed by atoms with Gasteiger partial charge < -0.3 is 19.7 Å². The van der Waals surface area contributed by atoms with Crippen molar-refractivity contribution in [1.29, 1.82) is 0 Å². The maximum atomic E-state index is 11.5. The van der Waals surface area contributed by atoms with Crippen LogP contribution in [0.3, 0.4) is 0 Å². The lowest BCUT2D eigenvalue weighted by molar-refractivity contribution is 0.0899. The van der Waals surface area contributed by atoms with E-state index in [9.17, 15) is 9.90 Å². The van der Waals surface area contributed by atoms with E-state index in [1.807, 2.05) is 16.8 Å². The van der Waals surface area contributed by atoms with E-state index in [2.05, 4.69) is 29.9 Å². The smallest absolute Gasteiger partial charge is 0.153 e. The fraction of sp³-hybridized carbons (Fsp3) is 0.600. The first-order valence-corrected chi connectivity index (χ1v) is 13.5. The number of pyridine rings is 1. The number of nitrogens with zero attached hydrogens (tertiary/aromatic N) is 2. The van der Waals surface area contributed by atoms with E-state index < -0.39 is 8.07 Å². The summed E-state index contributed by atoms with van der Waals surface area (Å²) in [7, 11) is -1.10. The summed E-state index contributed by atoms with van der Waals surface area (Å²) in [6.45, 7) is 8.25. The van der Waals surface area contributed by atoms with Crippen molar-refractivity contribution in [3.63, 3.8) is 0 Å². The van der Waals surface area contributed by atoms with Crippen molar-refractivity contribution in [1.82, 2.24) is 9.55 Å². The second-order valence-corrected chi connectivity index (χ2v) is 14.3. The van der Waals surface area contributed by atoms with E-state index in [0.717, 1.165) is 61.3 Å². The Balaban J connectivity index is 1.75. The molecule has 0 bridgehead atoms. The maximum absolute atomic E-state index is 11.5. The van der Waals surface area contributed by atoms with E-state index in [4.69, 9.17) is 4.74 Å². The van der Waals surface area contributed by atoms with Crippen molar-refractivity contribution < 1.29 is 14.6 Å². The number of fused-ring (bicyclic) bond motifs is 1. The van der Waals surface area contributed by atoms with Crippen molar-refractivity contribution in [2.45, 2.75) is 70.2 Å². The van der Waals surface area contributed by atoms with Crippen LogP contribution in [0.25, 0.3) is 11.0 Å². The number of hydrogen-bond donors (Lipinski definition) is 2. The van der Waals surface area contributed by atoms with Gasteiger partial charge in [0.2, 0.25) is 0 Å². The summed E-state index contributed by atoms with van der Waals surface area (Å²) in [5.41, 5.74) is 2.25. The Labute approximate surface area is 161 Å². The van der Waals surface area contributed by atoms with Gasteiger partial charge in [0.15, 0.2) is 6.29 Å². The normalized spacial score (nSPS) is 20.7. The lowest BCUT2D eigenvalue weighted by atomic mass is 9.92. The Bertz CT molecular complexity index is 777. The number of nitrogens with one attached hydrogen (secondary N) is 1. The monoisotopic (exact) mass is 389 g/mol. The van der Waals surface area contributed by atoms with Gasteiger partial charge in [-0.2, -0.15) is 19.6 Å². The number of aliphatic hydroxyl groups is 1. The molecule has 149 valence electrons. The van der Waals surface area contributed by atoms with Gasteiger partial charge in [-0.3, -0.25) is 4.79 Å². The highest BCUT2D eigenvalue weighted by Crippen LogP contribution is 2.30. The zero-order valence-corrected chi connectivity index (χ0v) is 17.6. The van der Waals surface area contributed by atoms with E-state index in [-0.39, 0.29) is 12.1 Å². The Morgan fingerprint density at radius 3 is 2.74 bits per heavy atom. The number of aromatic nitrogens is 2. The number of aliphatic hydroxyl groups excluding tert-OH is 1. The zero-order chi connectivity index (χ0) is 19.4. The molecule has 0 radical (unpaired) electrons. The molecule has 1 saturated carbocycles. The number of anilines is 1. The van der Waals surface area contributed by atoms with Crippen LogP contribution in [-0.4, -0.2) is 47.8 Å². The first kappa shape index (κ1) is 20.0. The summed E-state index contributed by atoms with van der Waals surface area (Å²) >= 11 is 0. The van der Waals surface area contributed by atoms with Crippen molar-refractivity contribution in [3.05, 3.63) is 24.0 Å². The van der Waals surface area contributed by atoms with E-state index in [1.165, 1.54) is 0 Å². The van der Waals surface area contributed by atoms with Crippen LogP contribution in [0.1, 0.15) is 36.0 Å². The molecular weight excluding hydrogens is 358 g/mol. The Hall–Kier alpha value is -1.70. The fourth-order valence-electron chi connectivity index (χ4n) is 3.47. The van der Waals surface area contributed by atoms with Crippen LogP contribution in [0.4, 0.5) is 5.69 Å². The Morgan fingerprint density at radius 2 is 2.07 bits per heavy atom. The fourth-order valence-corrected chi connectivity index (χ4v) is 4.23. The zero-order valence-electron chi connectivity index (χ0n) is 16.6. The number of ether oxygens (including phenoxy) is 1. The molecular formula is C20H31N3O3Si-. The predicted molar refractivity (Wildman–Crippen MR) is 111 cm³/mol. The topological polar surface area (TPSA) is 76.4 Å². The van der Waals surface area contributed by atoms with Crippen LogP contribution in [0.15, 0.2) is 18.5 Å². The minimum Gasteiger partial charge on any atom is -0.393 e. The summed E-state index contributed by atoms with van der Waals surface area (Å²) in [5.74, 6) is 0. The number of rotatable bonds is 8. The van der Waals surface area contributed by atoms with Gasteiger partial charge in [0.05, 0.1) is 17.4 Å². The lowest BCUT2D eigenvalue weighted by Crippen LogP contribution is -2.28. The van der Waals surface area contributed by atoms with Gasteiger partial charge in [-0.15, -0.1) is 14.1 Å². The van der Waals surface area contributed by atoms with Crippen molar-refractivity contribution in [2.75, 3.05) is 11.9 Å². The maximum Gasteiger partial charge on any atom is 0.153 e. The highest BCUT2D eigenvalue weighted by Gasteiger charge is 2.21. The van der Waals surface area contributed by atoms with Crippen LogP contribution in [0.5, 0.6) is 0 Å². The van der Waals surface area contributed by atoms with E-state index in [0.29, 0.717) is 12.3 Å². The number of carbonyl (C=O) groups is 1. The van der Waals surface area contributed by atoms with Gasteiger partial charge in [0, 0.05) is 30.4 Å². The molecule has 0 aliphatic heterocycles. The third kappa shape index (κ3) is 5.18. The average molecular weight is 390 g/mol. The average Bonchev–Trinajstić information content (AvgIpc) is 3.03. The lowest BCUT2D eigenvalue weighted by Gasteiger charge is -2.27. The molecule has 0 amide bonds. The third-order valence-electron chi connectivity index (χ3n) is 5.22. The predicted octanol–water partition coefficient (Wildman–Crippen LogP) is 3.88. The molecule has 0 atom stereocenters. The van der Waals surface area contributed by atoms with Crippen molar-refractivity contribution >= 4 is 31.1 Å². The molecule has 2 heterocycles. The van der Waals surface area contributed by atoms with Gasteiger partial charge in [-0.1, -0.05) is 0 Å². The quantitative estimate of drug-likeness (QED) is 0.407. The van der Waals surface area contributed by atoms with Gasteiger partial charge in [-0.05, 0) is 31.7 Å². The molecule has 1 aliphatic rings. The summed E-state index contributed by atoms with van der Waals surface area (Å²) in [6, 6.07) is 3.40. The van der Waals surface area contributed by atoms with Gasteiger partial charge in [0.1, 0.15) is 12.4 Å². The minimum absolute atomic E-state index is 0.194. The van der Waals surface area contributed by atoms with Crippen LogP contribution in [0, 0.1) is 0 Å². The Morgan fingerprint density at radius 1 is 1.33 bits per heavy atom. The van der Waals surface area contributed by atoms with E-state index >= 15 is 0 Å². The molecule has 1 fully saturated rings. The molecule has 2 aromatic heterocycles. The number of carbonyl (C=O) groups excluding carboxylic acids is 1. The molecule has 1 aliphatic carbocycles. The van der Waals surface area contributed by atoms with Crippen LogP contribution in [0.2, 0.25) is 25.7 Å². The van der Waals surface area contributed by atoms with E-state index in [1.54, 1.807) is 6.20 Å². The minimum atomic E-state index is -1.10. The summed E-state index contributed by atoms with van der Waals surface area (Å²) in [4.78, 5) is 16.0. The molecule has 7 heteroatoms. The first-order chi connectivity index (χ1) is 12.9. The molecule has 3 rings (SSSR count).